The van der Waals surface area contributed by atoms with Crippen molar-refractivity contribution in [3.63, 3.8) is 0 Å². The van der Waals surface area contributed by atoms with Crippen molar-refractivity contribution in [2.75, 3.05) is 5.32 Å². The molecule has 3 rings (SSSR count). The molecule has 2 aromatic heterocycles. The van der Waals surface area contributed by atoms with Crippen molar-refractivity contribution in [2.45, 2.75) is 44.6 Å². The lowest BCUT2D eigenvalue weighted by Crippen LogP contribution is -2.32. The number of alkyl halides is 2. The van der Waals surface area contributed by atoms with E-state index in [9.17, 15) is 8.78 Å². The Balaban J connectivity index is 1.69. The van der Waals surface area contributed by atoms with Crippen LogP contribution in [0.25, 0.3) is 10.8 Å². The van der Waals surface area contributed by atoms with Crippen LogP contribution in [0.4, 0.5) is 14.6 Å². The van der Waals surface area contributed by atoms with Gasteiger partial charge < -0.3 is 5.32 Å². The van der Waals surface area contributed by atoms with E-state index < -0.39 is 5.92 Å². The van der Waals surface area contributed by atoms with Crippen molar-refractivity contribution in [3.05, 3.63) is 23.3 Å². The van der Waals surface area contributed by atoms with Gasteiger partial charge in [0.15, 0.2) is 10.8 Å². The van der Waals surface area contributed by atoms with Crippen molar-refractivity contribution < 1.29 is 8.78 Å². The third-order valence-electron chi connectivity index (χ3n) is 3.53. The van der Waals surface area contributed by atoms with Crippen LogP contribution in [0.5, 0.6) is 0 Å². The summed E-state index contributed by atoms with van der Waals surface area (Å²) in [4.78, 5) is 13.0. The average molecular weight is 310 g/mol. The van der Waals surface area contributed by atoms with Crippen molar-refractivity contribution in [1.82, 2.24) is 15.0 Å². The fourth-order valence-corrected chi connectivity index (χ4v) is 3.13. The zero-order chi connectivity index (χ0) is 14.9. The van der Waals surface area contributed by atoms with Crippen LogP contribution in [-0.2, 0) is 0 Å². The van der Waals surface area contributed by atoms with E-state index in [0.29, 0.717) is 24.5 Å². The van der Waals surface area contributed by atoms with Crippen molar-refractivity contribution >= 4 is 17.2 Å². The van der Waals surface area contributed by atoms with E-state index in [1.54, 1.807) is 12.3 Å². The molecule has 1 saturated carbocycles. The number of aryl methyl sites for hydroxylation is 1. The van der Waals surface area contributed by atoms with E-state index in [1.165, 1.54) is 11.3 Å². The van der Waals surface area contributed by atoms with E-state index in [1.807, 2.05) is 12.3 Å². The first-order valence-electron chi connectivity index (χ1n) is 6.92. The molecule has 2 aromatic rings. The number of anilines is 1. The second-order valence-corrected chi connectivity index (χ2v) is 6.19. The minimum atomic E-state index is -2.51. The van der Waals surface area contributed by atoms with Crippen LogP contribution in [0, 0.1) is 6.92 Å². The molecule has 0 amide bonds. The zero-order valence-electron chi connectivity index (χ0n) is 11.6. The fraction of sp³-hybridized carbons (Fsp3) is 0.500. The molecule has 21 heavy (non-hydrogen) atoms. The Morgan fingerprint density at radius 1 is 1.29 bits per heavy atom. The van der Waals surface area contributed by atoms with Crippen molar-refractivity contribution in [1.29, 1.82) is 0 Å². The molecule has 0 bridgehead atoms. The maximum absolute atomic E-state index is 13.1. The van der Waals surface area contributed by atoms with Crippen LogP contribution in [0.3, 0.4) is 0 Å². The summed E-state index contributed by atoms with van der Waals surface area (Å²) in [6, 6.07) is 1.81. The fourth-order valence-electron chi connectivity index (χ4n) is 2.39. The Morgan fingerprint density at radius 2 is 2.05 bits per heavy atom. The molecule has 112 valence electrons. The van der Waals surface area contributed by atoms with Crippen LogP contribution < -0.4 is 5.32 Å². The number of rotatable bonds is 3. The molecule has 1 aliphatic rings. The Morgan fingerprint density at radius 3 is 2.71 bits per heavy atom. The summed E-state index contributed by atoms with van der Waals surface area (Å²) >= 11 is 1.49. The van der Waals surface area contributed by atoms with Gasteiger partial charge in [0.1, 0.15) is 5.82 Å². The van der Waals surface area contributed by atoms with Crippen LogP contribution in [0.2, 0.25) is 0 Å². The Kier molecular flexibility index (Phi) is 3.84. The molecule has 0 radical (unpaired) electrons. The van der Waals surface area contributed by atoms with Gasteiger partial charge in [-0.05, 0) is 25.8 Å². The summed E-state index contributed by atoms with van der Waals surface area (Å²) in [5.74, 6) is -1.27. The maximum atomic E-state index is 13.1. The predicted octanol–water partition coefficient (Wildman–Crippen LogP) is 3.90. The minimum Gasteiger partial charge on any atom is -0.367 e. The number of nitrogens with zero attached hydrogens (tertiary/aromatic N) is 3. The van der Waals surface area contributed by atoms with E-state index >= 15 is 0 Å². The largest absolute Gasteiger partial charge is 0.367 e. The van der Waals surface area contributed by atoms with Gasteiger partial charge in [0.25, 0.3) is 0 Å². The highest BCUT2D eigenvalue weighted by Gasteiger charge is 2.34. The molecule has 1 aliphatic carbocycles. The van der Waals surface area contributed by atoms with Gasteiger partial charge in [-0.3, -0.25) is 0 Å². The summed E-state index contributed by atoms with van der Waals surface area (Å²) < 4.78 is 26.3. The van der Waals surface area contributed by atoms with Crippen molar-refractivity contribution in [2.24, 2.45) is 0 Å². The zero-order valence-corrected chi connectivity index (χ0v) is 12.5. The highest BCUT2D eigenvalue weighted by atomic mass is 32.1. The minimum absolute atomic E-state index is 0.0467. The summed E-state index contributed by atoms with van der Waals surface area (Å²) in [6.07, 6.45) is 2.47. The van der Waals surface area contributed by atoms with Crippen molar-refractivity contribution in [3.8, 4) is 10.8 Å². The molecule has 7 heteroatoms. The quantitative estimate of drug-likeness (QED) is 0.934. The summed E-state index contributed by atoms with van der Waals surface area (Å²) in [5, 5.41) is 5.94. The number of hydrogen-bond acceptors (Lipinski definition) is 5. The predicted molar refractivity (Wildman–Crippen MR) is 78.7 cm³/mol. The van der Waals surface area contributed by atoms with Crippen LogP contribution in [-0.4, -0.2) is 26.9 Å². The maximum Gasteiger partial charge on any atom is 0.248 e. The molecule has 0 saturated heterocycles. The molecule has 1 fully saturated rings. The molecule has 2 heterocycles. The molecule has 4 nitrogen and oxygen atoms in total. The number of thiazole rings is 1. The third kappa shape index (κ3) is 3.53. The normalized spacial score (nSPS) is 18.6. The molecule has 0 unspecified atom stereocenters. The van der Waals surface area contributed by atoms with Gasteiger partial charge in [-0.25, -0.2) is 23.7 Å². The summed E-state index contributed by atoms with van der Waals surface area (Å²) in [6.45, 7) is 1.92. The molecular weight excluding hydrogens is 294 g/mol. The molecule has 0 aromatic carbocycles. The first-order chi connectivity index (χ1) is 10.0. The lowest BCUT2D eigenvalue weighted by atomic mass is 9.92. The van der Waals surface area contributed by atoms with Crippen LogP contribution >= 0.6 is 11.3 Å². The van der Waals surface area contributed by atoms with E-state index in [-0.39, 0.29) is 18.9 Å². The van der Waals surface area contributed by atoms with Gasteiger partial charge in [0.05, 0.1) is 0 Å². The van der Waals surface area contributed by atoms with Crippen LogP contribution in [0.15, 0.2) is 17.6 Å². The molecule has 1 N–H and O–H groups in total. The van der Waals surface area contributed by atoms with Gasteiger partial charge in [-0.15, -0.1) is 11.3 Å². The molecule has 0 atom stereocenters. The molecular formula is C14H16F2N4S. The number of nitrogens with one attached hydrogen (secondary N) is 1. The van der Waals surface area contributed by atoms with Gasteiger partial charge >= 0.3 is 0 Å². The third-order valence-corrected chi connectivity index (χ3v) is 4.49. The van der Waals surface area contributed by atoms with Crippen LogP contribution in [0.1, 0.15) is 31.4 Å². The first kappa shape index (κ1) is 14.3. The van der Waals surface area contributed by atoms with E-state index in [4.69, 9.17) is 0 Å². The van der Waals surface area contributed by atoms with Gasteiger partial charge in [-0.1, -0.05) is 0 Å². The second kappa shape index (κ2) is 5.63. The Hall–Kier alpha value is -1.63. The Bertz CT molecular complexity index is 619. The first-order valence-corrected chi connectivity index (χ1v) is 7.80. The SMILES string of the molecule is Cc1csc(-c2nccc(NC3CCC(F)(F)CC3)n2)n1. The van der Waals surface area contributed by atoms with Gasteiger partial charge in [0.2, 0.25) is 5.92 Å². The second-order valence-electron chi connectivity index (χ2n) is 5.33. The number of aromatic nitrogens is 3. The van der Waals surface area contributed by atoms with Gasteiger partial charge in [0, 0.05) is 36.2 Å². The monoisotopic (exact) mass is 310 g/mol. The summed E-state index contributed by atoms with van der Waals surface area (Å²) in [7, 11) is 0. The molecule has 0 aliphatic heterocycles. The smallest absolute Gasteiger partial charge is 0.248 e. The Labute approximate surface area is 125 Å². The number of halogens is 2. The number of hydrogen-bond donors (Lipinski definition) is 1. The van der Waals surface area contributed by atoms with E-state index in [2.05, 4.69) is 20.3 Å². The highest BCUT2D eigenvalue weighted by molar-refractivity contribution is 7.13. The summed E-state index contributed by atoms with van der Waals surface area (Å²) in [5.41, 5.74) is 0.937. The standard InChI is InChI=1S/C14H16F2N4S/c1-9-8-21-13(18-9)12-17-7-4-11(20-12)19-10-2-5-14(15,16)6-3-10/h4,7-8,10H,2-3,5-6H2,1H3,(H,17,19,20). The molecule has 0 spiro atoms. The lowest BCUT2D eigenvalue weighted by Gasteiger charge is -2.29. The average Bonchev–Trinajstić information content (AvgIpc) is 2.88. The van der Waals surface area contributed by atoms with Gasteiger partial charge in [-0.2, -0.15) is 0 Å². The van der Waals surface area contributed by atoms with E-state index in [0.717, 1.165) is 10.7 Å². The lowest BCUT2D eigenvalue weighted by molar-refractivity contribution is -0.0361. The topological polar surface area (TPSA) is 50.7 Å². The highest BCUT2D eigenvalue weighted by Crippen LogP contribution is 2.34.